The van der Waals surface area contributed by atoms with Crippen molar-refractivity contribution in [2.24, 2.45) is 0 Å². The van der Waals surface area contributed by atoms with E-state index in [-0.39, 0.29) is 0 Å². The third-order valence-electron chi connectivity index (χ3n) is 2.56. The van der Waals surface area contributed by atoms with Crippen molar-refractivity contribution >= 4 is 11.6 Å². The lowest BCUT2D eigenvalue weighted by molar-refractivity contribution is 0.665. The molecule has 0 saturated heterocycles. The molecule has 78 valence electrons. The quantitative estimate of drug-likeness (QED) is 0.478. The normalized spacial score (nSPS) is 10.4. The number of rotatable bonds is 6. The predicted octanol–water partition coefficient (Wildman–Crippen LogP) is 4.55. The van der Waals surface area contributed by atoms with Crippen LogP contribution in [0.3, 0.4) is 0 Å². The number of hydrogen-bond donors (Lipinski definition) is 0. The zero-order valence-corrected chi connectivity index (χ0v) is 9.69. The molecule has 0 fully saturated rings. The molecule has 0 unspecified atom stereocenters. The molecule has 1 aromatic rings. The van der Waals surface area contributed by atoms with Gasteiger partial charge in [-0.25, -0.2) is 0 Å². The summed E-state index contributed by atoms with van der Waals surface area (Å²) >= 11 is 5.87. The van der Waals surface area contributed by atoms with Crippen LogP contribution in [0, 0.1) is 0 Å². The Morgan fingerprint density at radius 2 is 1.71 bits per heavy atom. The summed E-state index contributed by atoms with van der Waals surface area (Å²) in [5, 5.41) is 0. The van der Waals surface area contributed by atoms with E-state index < -0.39 is 0 Å². The average Bonchev–Trinajstić information content (AvgIpc) is 2.25. The van der Waals surface area contributed by atoms with Gasteiger partial charge in [0, 0.05) is 5.88 Å². The number of hydrogen-bond acceptors (Lipinski definition) is 0. The van der Waals surface area contributed by atoms with Crippen LogP contribution >= 0.6 is 11.6 Å². The molecule has 0 N–H and O–H groups in total. The first-order valence-electron chi connectivity index (χ1n) is 5.51. The molecule has 0 aliphatic rings. The average molecular weight is 211 g/mol. The van der Waals surface area contributed by atoms with Gasteiger partial charge in [0.1, 0.15) is 0 Å². The van der Waals surface area contributed by atoms with Crippen LogP contribution in [0.2, 0.25) is 0 Å². The van der Waals surface area contributed by atoms with Gasteiger partial charge in [0.25, 0.3) is 0 Å². The van der Waals surface area contributed by atoms with E-state index >= 15 is 0 Å². The number of halogens is 1. The van der Waals surface area contributed by atoms with Gasteiger partial charge in [-0.15, -0.1) is 11.6 Å². The smallest absolute Gasteiger partial charge is 0.0476 e. The minimum atomic E-state index is 0.643. The fourth-order valence-corrected chi connectivity index (χ4v) is 1.93. The lowest BCUT2D eigenvalue weighted by atomic mass is 10.0. The molecule has 0 aliphatic carbocycles. The summed E-state index contributed by atoms with van der Waals surface area (Å²) in [6.45, 7) is 2.24. The van der Waals surface area contributed by atoms with Crippen molar-refractivity contribution in [1.29, 1.82) is 0 Å². The van der Waals surface area contributed by atoms with Gasteiger partial charge in [0.05, 0.1) is 0 Å². The van der Waals surface area contributed by atoms with E-state index in [9.17, 15) is 0 Å². The second kappa shape index (κ2) is 6.89. The summed E-state index contributed by atoms with van der Waals surface area (Å²) in [4.78, 5) is 0. The Morgan fingerprint density at radius 1 is 1.00 bits per heavy atom. The maximum atomic E-state index is 5.87. The van der Waals surface area contributed by atoms with Gasteiger partial charge in [-0.05, 0) is 24.0 Å². The number of aryl methyl sites for hydroxylation is 1. The zero-order chi connectivity index (χ0) is 10.2. The number of alkyl halides is 1. The van der Waals surface area contributed by atoms with Crippen molar-refractivity contribution in [2.75, 3.05) is 0 Å². The Bertz CT molecular complexity index is 255. The lowest BCUT2D eigenvalue weighted by Crippen LogP contribution is -1.91. The van der Waals surface area contributed by atoms with Crippen molar-refractivity contribution in [3.8, 4) is 0 Å². The molecular weight excluding hydrogens is 192 g/mol. The molecule has 1 aromatic carbocycles. The summed E-state index contributed by atoms with van der Waals surface area (Å²) in [6, 6.07) is 8.49. The van der Waals surface area contributed by atoms with E-state index in [0.29, 0.717) is 5.88 Å². The maximum Gasteiger partial charge on any atom is 0.0476 e. The van der Waals surface area contributed by atoms with E-state index in [1.54, 1.807) is 0 Å². The Morgan fingerprint density at radius 3 is 2.36 bits per heavy atom. The SMILES string of the molecule is CCCCCCc1ccccc1CCl. The van der Waals surface area contributed by atoms with Gasteiger partial charge in [0.15, 0.2) is 0 Å². The first-order chi connectivity index (χ1) is 6.88. The van der Waals surface area contributed by atoms with Crippen molar-refractivity contribution in [1.82, 2.24) is 0 Å². The van der Waals surface area contributed by atoms with Crippen molar-refractivity contribution in [2.45, 2.75) is 44.9 Å². The molecule has 0 heterocycles. The third kappa shape index (κ3) is 3.71. The highest BCUT2D eigenvalue weighted by Crippen LogP contribution is 2.14. The molecule has 0 nitrogen and oxygen atoms in total. The lowest BCUT2D eigenvalue weighted by Gasteiger charge is -2.06. The highest BCUT2D eigenvalue weighted by molar-refractivity contribution is 6.17. The molecule has 0 radical (unpaired) electrons. The van der Waals surface area contributed by atoms with Crippen LogP contribution in [0.4, 0.5) is 0 Å². The molecule has 0 saturated carbocycles. The number of benzene rings is 1. The van der Waals surface area contributed by atoms with Gasteiger partial charge < -0.3 is 0 Å². The summed E-state index contributed by atoms with van der Waals surface area (Å²) in [7, 11) is 0. The van der Waals surface area contributed by atoms with Crippen LogP contribution in [0.1, 0.15) is 43.7 Å². The zero-order valence-electron chi connectivity index (χ0n) is 8.93. The molecule has 0 bridgehead atoms. The van der Waals surface area contributed by atoms with Gasteiger partial charge >= 0.3 is 0 Å². The van der Waals surface area contributed by atoms with Crippen molar-refractivity contribution in [3.63, 3.8) is 0 Å². The maximum absolute atomic E-state index is 5.87. The first-order valence-corrected chi connectivity index (χ1v) is 6.04. The predicted molar refractivity (Wildman–Crippen MR) is 63.8 cm³/mol. The molecule has 1 rings (SSSR count). The molecule has 0 aromatic heterocycles. The molecular formula is C13H19Cl. The standard InChI is InChI=1S/C13H19Cl/c1-2-3-4-5-8-12-9-6-7-10-13(12)11-14/h6-7,9-10H,2-5,8,11H2,1H3. The number of unbranched alkanes of at least 4 members (excludes halogenated alkanes) is 3. The van der Waals surface area contributed by atoms with E-state index in [4.69, 9.17) is 11.6 Å². The van der Waals surface area contributed by atoms with Gasteiger partial charge in [-0.1, -0.05) is 50.5 Å². The summed E-state index contributed by atoms with van der Waals surface area (Å²) in [6.07, 6.45) is 6.47. The van der Waals surface area contributed by atoms with Gasteiger partial charge in [-0.3, -0.25) is 0 Å². The van der Waals surface area contributed by atoms with E-state index in [1.165, 1.54) is 43.2 Å². The van der Waals surface area contributed by atoms with Crippen molar-refractivity contribution < 1.29 is 0 Å². The minimum Gasteiger partial charge on any atom is -0.122 e. The molecule has 0 spiro atoms. The summed E-state index contributed by atoms with van der Waals surface area (Å²) in [5.41, 5.74) is 2.73. The minimum absolute atomic E-state index is 0.643. The molecule has 0 atom stereocenters. The first kappa shape index (κ1) is 11.6. The van der Waals surface area contributed by atoms with E-state index in [0.717, 1.165) is 0 Å². The molecule has 0 aliphatic heterocycles. The fraction of sp³-hybridized carbons (Fsp3) is 0.538. The Balaban J connectivity index is 2.41. The topological polar surface area (TPSA) is 0 Å². The molecule has 0 amide bonds. The van der Waals surface area contributed by atoms with Crippen LogP contribution in [-0.4, -0.2) is 0 Å². The highest BCUT2D eigenvalue weighted by atomic mass is 35.5. The van der Waals surface area contributed by atoms with Crippen LogP contribution in [-0.2, 0) is 12.3 Å². The Labute approximate surface area is 92.3 Å². The second-order valence-electron chi connectivity index (χ2n) is 3.71. The monoisotopic (exact) mass is 210 g/mol. The van der Waals surface area contributed by atoms with Crippen LogP contribution < -0.4 is 0 Å². The van der Waals surface area contributed by atoms with Crippen LogP contribution in [0.5, 0.6) is 0 Å². The van der Waals surface area contributed by atoms with Crippen LogP contribution in [0.15, 0.2) is 24.3 Å². The van der Waals surface area contributed by atoms with E-state index in [2.05, 4.69) is 31.2 Å². The summed E-state index contributed by atoms with van der Waals surface area (Å²) < 4.78 is 0. The van der Waals surface area contributed by atoms with E-state index in [1.807, 2.05) is 0 Å². The Kier molecular flexibility index (Phi) is 5.70. The fourth-order valence-electron chi connectivity index (χ4n) is 1.67. The van der Waals surface area contributed by atoms with Gasteiger partial charge in [-0.2, -0.15) is 0 Å². The largest absolute Gasteiger partial charge is 0.122 e. The highest BCUT2D eigenvalue weighted by Gasteiger charge is 1.99. The van der Waals surface area contributed by atoms with Crippen LogP contribution in [0.25, 0.3) is 0 Å². The Hall–Kier alpha value is -0.490. The van der Waals surface area contributed by atoms with Crippen molar-refractivity contribution in [3.05, 3.63) is 35.4 Å². The van der Waals surface area contributed by atoms with Gasteiger partial charge in [0.2, 0.25) is 0 Å². The second-order valence-corrected chi connectivity index (χ2v) is 3.98. The molecule has 1 heteroatoms. The third-order valence-corrected chi connectivity index (χ3v) is 2.85. The molecule has 14 heavy (non-hydrogen) atoms. The summed E-state index contributed by atoms with van der Waals surface area (Å²) in [5.74, 6) is 0.643.